The van der Waals surface area contributed by atoms with Crippen LogP contribution in [0.5, 0.6) is 0 Å². The maximum Gasteiger partial charge on any atom is 0.0869 e. The molecular formula is C18H19BrO. The van der Waals surface area contributed by atoms with E-state index >= 15 is 0 Å². The smallest absolute Gasteiger partial charge is 0.0869 e. The van der Waals surface area contributed by atoms with Crippen molar-refractivity contribution in [2.24, 2.45) is 5.92 Å². The minimum atomic E-state index is 0.152. The SMILES string of the molecule is C[C@@H]1[C@H](Br)C[C@H](c2ccccc2)O[C@@H]1c1ccccc1. The lowest BCUT2D eigenvalue weighted by Crippen LogP contribution is -2.31. The summed E-state index contributed by atoms with van der Waals surface area (Å²) in [6, 6.07) is 21.1. The lowest BCUT2D eigenvalue weighted by molar-refractivity contribution is -0.0790. The zero-order valence-corrected chi connectivity index (χ0v) is 13.2. The highest BCUT2D eigenvalue weighted by atomic mass is 79.9. The second-order valence-electron chi connectivity index (χ2n) is 5.48. The number of hydrogen-bond donors (Lipinski definition) is 0. The topological polar surface area (TPSA) is 9.23 Å². The van der Waals surface area contributed by atoms with Crippen molar-refractivity contribution in [2.45, 2.75) is 30.4 Å². The number of alkyl halides is 1. The fraction of sp³-hybridized carbons (Fsp3) is 0.333. The first-order chi connectivity index (χ1) is 9.75. The number of hydrogen-bond acceptors (Lipinski definition) is 1. The van der Waals surface area contributed by atoms with Crippen LogP contribution in [0.4, 0.5) is 0 Å². The van der Waals surface area contributed by atoms with Crippen LogP contribution in [0, 0.1) is 5.92 Å². The molecule has 1 aliphatic rings. The largest absolute Gasteiger partial charge is 0.365 e. The summed E-state index contributed by atoms with van der Waals surface area (Å²) in [6.45, 7) is 2.26. The van der Waals surface area contributed by atoms with Crippen LogP contribution in [-0.4, -0.2) is 4.83 Å². The zero-order valence-electron chi connectivity index (χ0n) is 11.6. The van der Waals surface area contributed by atoms with Gasteiger partial charge in [0.2, 0.25) is 0 Å². The molecule has 0 radical (unpaired) electrons. The molecule has 4 atom stereocenters. The van der Waals surface area contributed by atoms with Crippen LogP contribution in [0.3, 0.4) is 0 Å². The van der Waals surface area contributed by atoms with Crippen molar-refractivity contribution < 1.29 is 4.74 Å². The van der Waals surface area contributed by atoms with Gasteiger partial charge in [-0.05, 0) is 23.5 Å². The quantitative estimate of drug-likeness (QED) is 0.680. The summed E-state index contributed by atoms with van der Waals surface area (Å²) in [4.78, 5) is 0.478. The molecule has 0 bridgehead atoms. The molecule has 1 aliphatic heterocycles. The molecule has 2 aromatic carbocycles. The summed E-state index contributed by atoms with van der Waals surface area (Å²) in [6.07, 6.45) is 1.34. The molecule has 1 fully saturated rings. The van der Waals surface area contributed by atoms with Gasteiger partial charge in [-0.3, -0.25) is 0 Å². The average Bonchev–Trinajstić information content (AvgIpc) is 2.51. The Morgan fingerprint density at radius 3 is 2.05 bits per heavy atom. The molecule has 3 rings (SSSR count). The van der Waals surface area contributed by atoms with Gasteiger partial charge >= 0.3 is 0 Å². The van der Waals surface area contributed by atoms with E-state index in [1.54, 1.807) is 0 Å². The van der Waals surface area contributed by atoms with E-state index in [9.17, 15) is 0 Å². The van der Waals surface area contributed by atoms with Gasteiger partial charge in [-0.2, -0.15) is 0 Å². The summed E-state index contributed by atoms with van der Waals surface area (Å²) in [5.41, 5.74) is 2.54. The Balaban J connectivity index is 1.87. The van der Waals surface area contributed by atoms with Gasteiger partial charge in [0, 0.05) is 4.83 Å². The van der Waals surface area contributed by atoms with E-state index in [-0.39, 0.29) is 12.2 Å². The van der Waals surface area contributed by atoms with Crippen molar-refractivity contribution in [3.05, 3.63) is 71.8 Å². The Morgan fingerprint density at radius 1 is 0.900 bits per heavy atom. The Morgan fingerprint density at radius 2 is 1.45 bits per heavy atom. The minimum Gasteiger partial charge on any atom is -0.365 e. The fourth-order valence-electron chi connectivity index (χ4n) is 2.87. The molecule has 0 amide bonds. The van der Waals surface area contributed by atoms with E-state index in [2.05, 4.69) is 83.5 Å². The summed E-state index contributed by atoms with van der Waals surface area (Å²) >= 11 is 3.85. The molecule has 0 unspecified atom stereocenters. The van der Waals surface area contributed by atoms with Gasteiger partial charge in [0.1, 0.15) is 0 Å². The molecule has 1 saturated heterocycles. The predicted molar refractivity (Wildman–Crippen MR) is 85.9 cm³/mol. The summed E-state index contributed by atoms with van der Waals surface area (Å²) in [5.74, 6) is 0.470. The highest BCUT2D eigenvalue weighted by Crippen LogP contribution is 2.44. The van der Waals surface area contributed by atoms with Gasteiger partial charge in [0.15, 0.2) is 0 Å². The standard InChI is InChI=1S/C18H19BrO/c1-13-16(19)12-17(14-8-4-2-5-9-14)20-18(13)15-10-6-3-7-11-15/h2-11,13,16-18H,12H2,1H3/t13-,16-,17-,18+/m1/s1. The van der Waals surface area contributed by atoms with Crippen molar-refractivity contribution in [3.8, 4) is 0 Å². The predicted octanol–water partition coefficient (Wildman–Crippen LogP) is 5.29. The summed E-state index contributed by atoms with van der Waals surface area (Å²) < 4.78 is 6.41. The third-order valence-electron chi connectivity index (χ3n) is 4.10. The molecule has 2 heteroatoms. The van der Waals surface area contributed by atoms with E-state index in [0.29, 0.717) is 10.7 Å². The second-order valence-corrected chi connectivity index (χ2v) is 6.65. The third kappa shape index (κ3) is 2.82. The molecule has 1 heterocycles. The number of halogens is 1. The Labute approximate surface area is 129 Å². The Hall–Kier alpha value is -1.12. The van der Waals surface area contributed by atoms with E-state index in [4.69, 9.17) is 4.74 Å². The van der Waals surface area contributed by atoms with Crippen molar-refractivity contribution in [1.82, 2.24) is 0 Å². The lowest BCUT2D eigenvalue weighted by Gasteiger charge is -2.38. The molecule has 20 heavy (non-hydrogen) atoms. The van der Waals surface area contributed by atoms with Crippen LogP contribution in [0.1, 0.15) is 36.7 Å². The van der Waals surface area contributed by atoms with E-state index < -0.39 is 0 Å². The van der Waals surface area contributed by atoms with Crippen molar-refractivity contribution in [1.29, 1.82) is 0 Å². The normalized spacial score (nSPS) is 30.1. The summed E-state index contributed by atoms with van der Waals surface area (Å²) in [7, 11) is 0. The maximum absolute atomic E-state index is 6.41. The molecule has 2 aromatic rings. The Kier molecular flexibility index (Phi) is 4.23. The first-order valence-electron chi connectivity index (χ1n) is 7.15. The van der Waals surface area contributed by atoms with Gasteiger partial charge in [-0.15, -0.1) is 0 Å². The third-order valence-corrected chi connectivity index (χ3v) is 5.31. The summed E-state index contributed by atoms with van der Waals surface area (Å²) in [5, 5.41) is 0. The molecular weight excluding hydrogens is 312 g/mol. The highest BCUT2D eigenvalue weighted by molar-refractivity contribution is 9.09. The van der Waals surface area contributed by atoms with Crippen molar-refractivity contribution in [2.75, 3.05) is 0 Å². The average molecular weight is 331 g/mol. The van der Waals surface area contributed by atoms with Crippen LogP contribution < -0.4 is 0 Å². The number of benzene rings is 2. The van der Waals surface area contributed by atoms with Crippen LogP contribution in [0.15, 0.2) is 60.7 Å². The minimum absolute atomic E-state index is 0.152. The Bertz CT molecular complexity index is 540. The van der Waals surface area contributed by atoms with E-state index in [1.165, 1.54) is 11.1 Å². The van der Waals surface area contributed by atoms with Crippen LogP contribution in [-0.2, 0) is 4.74 Å². The molecule has 0 saturated carbocycles. The number of ether oxygens (including phenoxy) is 1. The fourth-order valence-corrected chi connectivity index (χ4v) is 3.49. The molecule has 104 valence electrons. The van der Waals surface area contributed by atoms with Crippen molar-refractivity contribution >= 4 is 15.9 Å². The zero-order chi connectivity index (χ0) is 13.9. The highest BCUT2D eigenvalue weighted by Gasteiger charge is 2.35. The van der Waals surface area contributed by atoms with Crippen LogP contribution >= 0.6 is 15.9 Å². The van der Waals surface area contributed by atoms with Crippen molar-refractivity contribution in [3.63, 3.8) is 0 Å². The van der Waals surface area contributed by atoms with Gasteiger partial charge in [-0.1, -0.05) is 83.5 Å². The van der Waals surface area contributed by atoms with Gasteiger partial charge in [0.05, 0.1) is 12.2 Å². The molecule has 1 nitrogen and oxygen atoms in total. The molecule has 0 N–H and O–H groups in total. The molecule has 0 aromatic heterocycles. The van der Waals surface area contributed by atoms with Gasteiger partial charge in [0.25, 0.3) is 0 Å². The lowest BCUT2D eigenvalue weighted by atomic mass is 9.87. The first-order valence-corrected chi connectivity index (χ1v) is 8.06. The van der Waals surface area contributed by atoms with Gasteiger partial charge in [-0.25, -0.2) is 0 Å². The molecule has 0 aliphatic carbocycles. The van der Waals surface area contributed by atoms with E-state index in [1.807, 2.05) is 0 Å². The monoisotopic (exact) mass is 330 g/mol. The maximum atomic E-state index is 6.41. The second kappa shape index (κ2) is 6.11. The van der Waals surface area contributed by atoms with Gasteiger partial charge < -0.3 is 4.74 Å². The van der Waals surface area contributed by atoms with E-state index in [0.717, 1.165) is 6.42 Å². The number of rotatable bonds is 2. The van der Waals surface area contributed by atoms with Crippen LogP contribution in [0.25, 0.3) is 0 Å². The first kappa shape index (κ1) is 13.8. The van der Waals surface area contributed by atoms with Crippen LogP contribution in [0.2, 0.25) is 0 Å². The molecule has 0 spiro atoms.